The van der Waals surface area contributed by atoms with Crippen LogP contribution in [0.25, 0.3) is 10.9 Å². The van der Waals surface area contributed by atoms with Gasteiger partial charge in [0.2, 0.25) is 0 Å². The minimum atomic E-state index is 0.709. The molecule has 126 valence electrons. The maximum absolute atomic E-state index is 9.95. The van der Waals surface area contributed by atoms with Crippen LogP contribution in [0, 0.1) is 11.3 Å². The van der Waals surface area contributed by atoms with E-state index in [0.29, 0.717) is 26.4 Å². The van der Waals surface area contributed by atoms with Crippen LogP contribution < -0.4 is 9.80 Å². The van der Waals surface area contributed by atoms with Gasteiger partial charge in [0, 0.05) is 44.8 Å². The number of hydrogen-bond acceptors (Lipinski definition) is 5. The predicted molar refractivity (Wildman–Crippen MR) is 93.7 cm³/mol. The van der Waals surface area contributed by atoms with Gasteiger partial charge >= 0.3 is 0 Å². The van der Waals surface area contributed by atoms with Gasteiger partial charge < -0.3 is 23.8 Å². The average Bonchev–Trinajstić information content (AvgIpc) is 3.02. The van der Waals surface area contributed by atoms with Gasteiger partial charge in [0.25, 0.3) is 0 Å². The van der Waals surface area contributed by atoms with Crippen LogP contribution in [-0.2, 0) is 16.5 Å². The van der Waals surface area contributed by atoms with E-state index >= 15 is 0 Å². The highest BCUT2D eigenvalue weighted by atomic mass is 16.5. The summed E-state index contributed by atoms with van der Waals surface area (Å²) in [6.07, 6.45) is 2.07. The lowest BCUT2D eigenvalue weighted by Crippen LogP contribution is -2.39. The third kappa shape index (κ3) is 2.50. The van der Waals surface area contributed by atoms with E-state index in [2.05, 4.69) is 45.8 Å². The van der Waals surface area contributed by atoms with Crippen molar-refractivity contribution in [2.75, 3.05) is 62.4 Å². The fraction of sp³-hybridized carbons (Fsp3) is 0.500. The fourth-order valence-corrected chi connectivity index (χ4v) is 3.66. The molecule has 0 amide bonds. The number of fused-ring (bicyclic) bond motifs is 1. The van der Waals surface area contributed by atoms with Crippen molar-refractivity contribution in [3.63, 3.8) is 0 Å². The number of rotatable bonds is 2. The van der Waals surface area contributed by atoms with Crippen LogP contribution in [0.4, 0.5) is 11.4 Å². The Labute approximate surface area is 141 Å². The van der Waals surface area contributed by atoms with E-state index in [4.69, 9.17) is 9.47 Å². The molecule has 0 saturated carbocycles. The second kappa shape index (κ2) is 6.34. The molecule has 0 aliphatic carbocycles. The number of nitriles is 1. The predicted octanol–water partition coefficient (Wildman–Crippen LogP) is 1.72. The molecule has 0 spiro atoms. The summed E-state index contributed by atoms with van der Waals surface area (Å²) in [5.41, 5.74) is 4.02. The van der Waals surface area contributed by atoms with Gasteiger partial charge in [0.05, 0.1) is 48.9 Å². The maximum Gasteiger partial charge on any atom is 0.104 e. The van der Waals surface area contributed by atoms with Gasteiger partial charge in [-0.3, -0.25) is 0 Å². The molecule has 0 N–H and O–H groups in total. The molecule has 0 radical (unpaired) electrons. The van der Waals surface area contributed by atoms with Gasteiger partial charge in [-0.15, -0.1) is 0 Å². The molecule has 2 aliphatic rings. The molecule has 3 heterocycles. The van der Waals surface area contributed by atoms with Crippen molar-refractivity contribution in [2.24, 2.45) is 7.05 Å². The summed E-state index contributed by atoms with van der Waals surface area (Å²) >= 11 is 0. The lowest BCUT2D eigenvalue weighted by atomic mass is 10.0. The number of nitrogens with zero attached hydrogens (tertiary/aromatic N) is 4. The van der Waals surface area contributed by atoms with Gasteiger partial charge in [-0.2, -0.15) is 5.26 Å². The van der Waals surface area contributed by atoms with E-state index in [1.807, 2.05) is 0 Å². The van der Waals surface area contributed by atoms with Gasteiger partial charge in [0.15, 0.2) is 0 Å². The Balaban J connectivity index is 1.91. The molecule has 2 aromatic rings. The number of hydrogen-bond donors (Lipinski definition) is 0. The lowest BCUT2D eigenvalue weighted by Gasteiger charge is -2.34. The van der Waals surface area contributed by atoms with Crippen molar-refractivity contribution in [1.82, 2.24) is 4.57 Å². The Bertz CT molecular complexity index is 780. The molecule has 2 fully saturated rings. The van der Waals surface area contributed by atoms with Gasteiger partial charge in [0.1, 0.15) is 6.07 Å². The topological polar surface area (TPSA) is 53.7 Å². The molecule has 2 aliphatic heterocycles. The van der Waals surface area contributed by atoms with Crippen LogP contribution in [-0.4, -0.2) is 57.2 Å². The lowest BCUT2D eigenvalue weighted by molar-refractivity contribution is 0.122. The van der Waals surface area contributed by atoms with E-state index in [-0.39, 0.29) is 0 Å². The smallest absolute Gasteiger partial charge is 0.104 e. The summed E-state index contributed by atoms with van der Waals surface area (Å²) in [6, 6.07) is 6.76. The van der Waals surface area contributed by atoms with E-state index < -0.39 is 0 Å². The van der Waals surface area contributed by atoms with E-state index in [9.17, 15) is 5.26 Å². The van der Waals surface area contributed by atoms with Crippen LogP contribution in [0.15, 0.2) is 18.3 Å². The van der Waals surface area contributed by atoms with Crippen LogP contribution in [0.2, 0.25) is 0 Å². The van der Waals surface area contributed by atoms with Gasteiger partial charge in [-0.1, -0.05) is 0 Å². The zero-order valence-corrected chi connectivity index (χ0v) is 14.0. The van der Waals surface area contributed by atoms with Crippen molar-refractivity contribution in [3.05, 3.63) is 23.9 Å². The molecule has 6 heteroatoms. The summed E-state index contributed by atoms with van der Waals surface area (Å²) in [5, 5.41) is 11.1. The first-order valence-electron chi connectivity index (χ1n) is 8.47. The van der Waals surface area contributed by atoms with Crippen LogP contribution in [0.5, 0.6) is 0 Å². The highest BCUT2D eigenvalue weighted by Crippen LogP contribution is 2.38. The Hall–Kier alpha value is -2.23. The highest BCUT2D eigenvalue weighted by molar-refractivity contribution is 6.00. The Morgan fingerprint density at radius 3 is 2.25 bits per heavy atom. The largest absolute Gasteiger partial charge is 0.378 e. The summed E-state index contributed by atoms with van der Waals surface area (Å²) in [7, 11) is 2.06. The van der Waals surface area contributed by atoms with Gasteiger partial charge in [-0.25, -0.2) is 0 Å². The number of benzene rings is 1. The van der Waals surface area contributed by atoms with Crippen molar-refractivity contribution >= 4 is 22.3 Å². The molecular weight excluding hydrogens is 304 g/mol. The molecule has 6 nitrogen and oxygen atoms in total. The van der Waals surface area contributed by atoms with Crippen LogP contribution >= 0.6 is 0 Å². The minimum Gasteiger partial charge on any atom is -0.378 e. The third-order valence-corrected chi connectivity index (χ3v) is 4.93. The fourth-order valence-electron chi connectivity index (χ4n) is 3.66. The standard InChI is InChI=1S/C18H22N4O2/c1-20-3-2-14-16(20)12-17(21-4-8-23-9-5-21)15(13-19)18(14)22-6-10-24-11-7-22/h2-3,12H,4-11H2,1H3. The summed E-state index contributed by atoms with van der Waals surface area (Å²) in [6.45, 7) is 6.14. The first-order valence-corrected chi connectivity index (χ1v) is 8.47. The monoisotopic (exact) mass is 326 g/mol. The van der Waals surface area contributed by atoms with Crippen molar-refractivity contribution in [1.29, 1.82) is 5.26 Å². The third-order valence-electron chi connectivity index (χ3n) is 4.93. The van der Waals surface area contributed by atoms with Crippen molar-refractivity contribution in [2.45, 2.75) is 0 Å². The minimum absolute atomic E-state index is 0.709. The van der Waals surface area contributed by atoms with Crippen molar-refractivity contribution < 1.29 is 9.47 Å². The molecular formula is C18H22N4O2. The SMILES string of the molecule is Cn1ccc2c(N3CCOCC3)c(C#N)c(N3CCOCC3)cc21. The summed E-state index contributed by atoms with van der Waals surface area (Å²) in [5.74, 6) is 0. The molecule has 1 aromatic carbocycles. The molecule has 0 bridgehead atoms. The summed E-state index contributed by atoms with van der Waals surface area (Å²) in [4.78, 5) is 4.58. The van der Waals surface area contributed by atoms with E-state index in [1.165, 1.54) is 0 Å². The Morgan fingerprint density at radius 1 is 1.00 bits per heavy atom. The second-order valence-electron chi connectivity index (χ2n) is 6.29. The zero-order chi connectivity index (χ0) is 16.5. The molecule has 24 heavy (non-hydrogen) atoms. The number of aromatic nitrogens is 1. The highest BCUT2D eigenvalue weighted by Gasteiger charge is 2.25. The second-order valence-corrected chi connectivity index (χ2v) is 6.29. The first kappa shape index (κ1) is 15.3. The average molecular weight is 326 g/mol. The Morgan fingerprint density at radius 2 is 1.62 bits per heavy atom. The Kier molecular flexibility index (Phi) is 4.05. The van der Waals surface area contributed by atoms with E-state index in [1.54, 1.807) is 0 Å². The summed E-state index contributed by atoms with van der Waals surface area (Å²) < 4.78 is 13.1. The number of ether oxygens (including phenoxy) is 2. The molecule has 4 rings (SSSR count). The van der Waals surface area contributed by atoms with Crippen LogP contribution in [0.3, 0.4) is 0 Å². The normalized spacial score (nSPS) is 18.8. The number of anilines is 2. The molecule has 0 atom stereocenters. The first-order chi connectivity index (χ1) is 11.8. The maximum atomic E-state index is 9.95. The van der Waals surface area contributed by atoms with E-state index in [0.717, 1.165) is 54.0 Å². The molecule has 0 unspecified atom stereocenters. The van der Waals surface area contributed by atoms with Gasteiger partial charge in [-0.05, 0) is 12.1 Å². The number of aryl methyl sites for hydroxylation is 1. The molecule has 1 aromatic heterocycles. The quantitative estimate of drug-likeness (QED) is 0.841. The molecule has 2 saturated heterocycles. The zero-order valence-electron chi connectivity index (χ0n) is 14.0. The van der Waals surface area contributed by atoms with Crippen molar-refractivity contribution in [3.8, 4) is 6.07 Å². The number of morpholine rings is 2. The van der Waals surface area contributed by atoms with Crippen LogP contribution in [0.1, 0.15) is 5.56 Å².